The first-order chi connectivity index (χ1) is 10.2. The highest BCUT2D eigenvalue weighted by Gasteiger charge is 2.11. The van der Waals surface area contributed by atoms with E-state index in [1.54, 1.807) is 0 Å². The van der Waals surface area contributed by atoms with E-state index in [1.807, 2.05) is 6.20 Å². The summed E-state index contributed by atoms with van der Waals surface area (Å²) in [5.41, 5.74) is 5.81. The maximum atomic E-state index is 4.61. The monoisotopic (exact) mass is 308 g/mol. The Bertz CT molecular complexity index is 970. The van der Waals surface area contributed by atoms with Crippen molar-refractivity contribution in [2.75, 3.05) is 0 Å². The van der Waals surface area contributed by atoms with Crippen molar-refractivity contribution < 1.29 is 0 Å². The van der Waals surface area contributed by atoms with Crippen LogP contribution in [0.15, 0.2) is 54.7 Å². The second-order valence-corrected chi connectivity index (χ2v) is 5.52. The van der Waals surface area contributed by atoms with Gasteiger partial charge in [-0.25, -0.2) is 0 Å². The first kappa shape index (κ1) is 14.6. The van der Waals surface area contributed by atoms with Crippen molar-refractivity contribution in [2.45, 2.75) is 13.8 Å². The fraction of sp³-hybridized carbons (Fsp3) is 0.105. The SMILES string of the molecule is Cc1[nH]c2c(-c3ccc4ccccc4c3)nccc2c1C.Cl. The lowest BCUT2D eigenvalue weighted by molar-refractivity contribution is 1.25. The predicted octanol–water partition coefficient (Wildman–Crippen LogP) is 5.42. The molecule has 0 amide bonds. The number of nitrogens with zero attached hydrogens (tertiary/aromatic N) is 1. The van der Waals surface area contributed by atoms with Crippen LogP contribution in [-0.4, -0.2) is 9.97 Å². The largest absolute Gasteiger partial charge is 0.357 e. The van der Waals surface area contributed by atoms with Crippen LogP contribution in [0, 0.1) is 13.8 Å². The molecule has 2 aromatic heterocycles. The number of pyridine rings is 1. The number of halogens is 1. The van der Waals surface area contributed by atoms with Crippen LogP contribution in [-0.2, 0) is 0 Å². The molecule has 0 unspecified atom stereocenters. The molecule has 0 atom stereocenters. The summed E-state index contributed by atoms with van der Waals surface area (Å²) in [4.78, 5) is 8.09. The van der Waals surface area contributed by atoms with Crippen molar-refractivity contribution in [3.05, 3.63) is 66.0 Å². The molecule has 1 N–H and O–H groups in total. The summed E-state index contributed by atoms with van der Waals surface area (Å²) in [5, 5.41) is 3.76. The number of rotatable bonds is 1. The minimum Gasteiger partial charge on any atom is -0.357 e. The van der Waals surface area contributed by atoms with E-state index < -0.39 is 0 Å². The number of hydrogen-bond donors (Lipinski definition) is 1. The van der Waals surface area contributed by atoms with Crippen LogP contribution in [0.1, 0.15) is 11.3 Å². The first-order valence-corrected chi connectivity index (χ1v) is 7.17. The van der Waals surface area contributed by atoms with Crippen LogP contribution in [0.25, 0.3) is 32.9 Å². The van der Waals surface area contributed by atoms with Crippen LogP contribution in [0.5, 0.6) is 0 Å². The molecule has 2 nitrogen and oxygen atoms in total. The number of nitrogens with one attached hydrogen (secondary N) is 1. The van der Waals surface area contributed by atoms with E-state index in [4.69, 9.17) is 0 Å². The summed E-state index contributed by atoms with van der Waals surface area (Å²) in [6.45, 7) is 4.26. The van der Waals surface area contributed by atoms with Gasteiger partial charge in [-0.15, -0.1) is 12.4 Å². The molecule has 0 bridgehead atoms. The van der Waals surface area contributed by atoms with Crippen molar-refractivity contribution in [1.29, 1.82) is 0 Å². The molecule has 0 fully saturated rings. The zero-order chi connectivity index (χ0) is 14.4. The number of H-pyrrole nitrogens is 1. The maximum absolute atomic E-state index is 4.61. The van der Waals surface area contributed by atoms with Crippen LogP contribution >= 0.6 is 12.4 Å². The zero-order valence-corrected chi connectivity index (χ0v) is 13.4. The van der Waals surface area contributed by atoms with Crippen molar-refractivity contribution in [3.8, 4) is 11.3 Å². The molecule has 4 rings (SSSR count). The van der Waals surface area contributed by atoms with Crippen LogP contribution in [0.3, 0.4) is 0 Å². The van der Waals surface area contributed by atoms with Gasteiger partial charge >= 0.3 is 0 Å². The fourth-order valence-corrected chi connectivity index (χ4v) is 2.94. The van der Waals surface area contributed by atoms with Gasteiger partial charge in [0.1, 0.15) is 0 Å². The molecule has 4 aromatic rings. The molecule has 0 saturated carbocycles. The third-order valence-electron chi connectivity index (χ3n) is 4.25. The van der Waals surface area contributed by atoms with E-state index in [1.165, 1.54) is 27.4 Å². The van der Waals surface area contributed by atoms with Crippen LogP contribution in [0.2, 0.25) is 0 Å². The Morgan fingerprint density at radius 1 is 0.909 bits per heavy atom. The topological polar surface area (TPSA) is 28.7 Å². The molecule has 22 heavy (non-hydrogen) atoms. The van der Waals surface area contributed by atoms with Crippen LogP contribution < -0.4 is 0 Å². The molecule has 0 spiro atoms. The summed E-state index contributed by atoms with van der Waals surface area (Å²) < 4.78 is 0. The van der Waals surface area contributed by atoms with Crippen molar-refractivity contribution in [1.82, 2.24) is 9.97 Å². The van der Waals surface area contributed by atoms with Gasteiger partial charge in [-0.1, -0.05) is 36.4 Å². The van der Waals surface area contributed by atoms with E-state index in [-0.39, 0.29) is 12.4 Å². The van der Waals surface area contributed by atoms with Gasteiger partial charge in [0.25, 0.3) is 0 Å². The Hall–Kier alpha value is -2.32. The summed E-state index contributed by atoms with van der Waals surface area (Å²) >= 11 is 0. The van der Waals surface area contributed by atoms with Gasteiger partial charge < -0.3 is 4.98 Å². The van der Waals surface area contributed by atoms with Gasteiger partial charge in [0, 0.05) is 22.8 Å². The Labute approximate surface area is 135 Å². The Kier molecular flexibility index (Phi) is 3.63. The van der Waals surface area contributed by atoms with Gasteiger partial charge in [0.05, 0.1) is 11.2 Å². The van der Waals surface area contributed by atoms with Gasteiger partial charge in [0.2, 0.25) is 0 Å². The molecule has 0 saturated heterocycles. The van der Waals surface area contributed by atoms with Crippen molar-refractivity contribution in [2.24, 2.45) is 0 Å². The highest BCUT2D eigenvalue weighted by Crippen LogP contribution is 2.30. The average Bonchev–Trinajstić information content (AvgIpc) is 2.82. The third kappa shape index (κ3) is 2.16. The zero-order valence-electron chi connectivity index (χ0n) is 12.6. The predicted molar refractivity (Wildman–Crippen MR) is 95.8 cm³/mol. The average molecular weight is 309 g/mol. The van der Waals surface area contributed by atoms with E-state index in [2.05, 4.69) is 72.3 Å². The summed E-state index contributed by atoms with van der Waals surface area (Å²) in [6, 6.07) is 17.0. The van der Waals surface area contributed by atoms with Gasteiger partial charge in [-0.3, -0.25) is 4.98 Å². The van der Waals surface area contributed by atoms with E-state index in [0.29, 0.717) is 0 Å². The first-order valence-electron chi connectivity index (χ1n) is 7.17. The lowest BCUT2D eigenvalue weighted by atomic mass is 10.0. The van der Waals surface area contributed by atoms with E-state index >= 15 is 0 Å². The normalized spacial score (nSPS) is 10.8. The molecule has 2 heterocycles. The Balaban J connectivity index is 0.00000144. The molecular formula is C19H17ClN2. The second kappa shape index (κ2) is 5.47. The molecule has 110 valence electrons. The lowest BCUT2D eigenvalue weighted by Gasteiger charge is -2.05. The quantitative estimate of drug-likeness (QED) is 0.499. The Morgan fingerprint density at radius 3 is 2.50 bits per heavy atom. The molecule has 0 aliphatic heterocycles. The summed E-state index contributed by atoms with van der Waals surface area (Å²) in [5.74, 6) is 0. The van der Waals surface area contributed by atoms with E-state index in [0.717, 1.165) is 16.8 Å². The molecule has 2 aromatic carbocycles. The smallest absolute Gasteiger partial charge is 0.0943 e. The number of hydrogen-bond acceptors (Lipinski definition) is 1. The van der Waals surface area contributed by atoms with Crippen molar-refractivity contribution in [3.63, 3.8) is 0 Å². The third-order valence-corrected chi connectivity index (χ3v) is 4.25. The Morgan fingerprint density at radius 2 is 1.68 bits per heavy atom. The summed E-state index contributed by atoms with van der Waals surface area (Å²) in [7, 11) is 0. The minimum absolute atomic E-state index is 0. The number of aryl methyl sites for hydroxylation is 2. The van der Waals surface area contributed by atoms with Crippen molar-refractivity contribution >= 4 is 34.1 Å². The number of benzene rings is 2. The van der Waals surface area contributed by atoms with Crippen LogP contribution in [0.4, 0.5) is 0 Å². The number of fused-ring (bicyclic) bond motifs is 2. The number of aromatic amines is 1. The molecule has 3 heteroatoms. The van der Waals surface area contributed by atoms with E-state index in [9.17, 15) is 0 Å². The minimum atomic E-state index is 0. The number of aromatic nitrogens is 2. The fourth-order valence-electron chi connectivity index (χ4n) is 2.94. The second-order valence-electron chi connectivity index (χ2n) is 5.52. The van der Waals surface area contributed by atoms with Gasteiger partial charge in [-0.05, 0) is 42.3 Å². The van der Waals surface area contributed by atoms with Gasteiger partial charge in [0.15, 0.2) is 0 Å². The highest BCUT2D eigenvalue weighted by molar-refractivity contribution is 5.97. The summed E-state index contributed by atoms with van der Waals surface area (Å²) in [6.07, 6.45) is 1.90. The molecule has 0 aliphatic carbocycles. The lowest BCUT2D eigenvalue weighted by Crippen LogP contribution is -1.86. The standard InChI is InChI=1S/C19H16N2.ClH/c1-12-13(2)21-19-17(12)9-10-20-18(19)16-8-7-14-5-3-4-6-15(14)11-16;/h3-11,21H,1-2H3;1H. The molecular weight excluding hydrogens is 292 g/mol. The maximum Gasteiger partial charge on any atom is 0.0943 e. The molecule has 0 aliphatic rings. The highest BCUT2D eigenvalue weighted by atomic mass is 35.5. The molecule has 0 radical (unpaired) electrons. The van der Waals surface area contributed by atoms with Gasteiger partial charge in [-0.2, -0.15) is 0 Å².